The van der Waals surface area contributed by atoms with Crippen molar-refractivity contribution in [3.8, 4) is 44.5 Å². The van der Waals surface area contributed by atoms with E-state index >= 15 is 0 Å². The second-order valence-corrected chi connectivity index (χ2v) is 15.1. The third kappa shape index (κ3) is 6.50. The van der Waals surface area contributed by atoms with Gasteiger partial charge in [-0.2, -0.15) is 0 Å². The molecule has 0 atom stereocenters. The Morgan fingerprint density at radius 3 is 1.73 bits per heavy atom. The summed E-state index contributed by atoms with van der Waals surface area (Å²) in [5.41, 5.74) is 16.8. The van der Waals surface area contributed by atoms with E-state index in [-0.39, 0.29) is 5.41 Å². The summed E-state index contributed by atoms with van der Waals surface area (Å²) in [5, 5.41) is 2.31. The smallest absolute Gasteiger partial charge is 0.160 e. The van der Waals surface area contributed by atoms with Gasteiger partial charge in [0.2, 0.25) is 0 Å². The van der Waals surface area contributed by atoms with E-state index in [1.807, 2.05) is 12.1 Å². The first-order valence-corrected chi connectivity index (χ1v) is 19.3. The average molecular weight is 719 g/mol. The minimum atomic E-state index is -0.0500. The van der Waals surface area contributed by atoms with Crippen molar-refractivity contribution in [1.82, 2.24) is 0 Å². The number of fused-ring (bicyclic) bond motifs is 4. The standard InChI is InChI=1S/C54H42N2/c1-36(41-20-13-21-43(32-41)38-16-7-5-8-17-38)55-53(46-23-14-22-44(34-46)39-18-9-6-10-19-39)56-37(2)42-30-28-40-29-31-45(35-47(40)33-42)48-25-15-27-51-52(48)49-24-11-12-26-50(49)54(51,3)4/h5-35H,2H2,1,3-4H3. The Morgan fingerprint density at radius 1 is 0.429 bits per heavy atom. The van der Waals surface area contributed by atoms with Crippen LogP contribution in [0, 0.1) is 0 Å². The molecule has 2 heteroatoms. The lowest BCUT2D eigenvalue weighted by molar-refractivity contribution is 0.660. The number of nitrogens with zero attached hydrogens (tertiary/aromatic N) is 2. The van der Waals surface area contributed by atoms with E-state index in [0.29, 0.717) is 11.5 Å². The maximum atomic E-state index is 5.24. The van der Waals surface area contributed by atoms with Crippen molar-refractivity contribution in [2.75, 3.05) is 0 Å². The van der Waals surface area contributed by atoms with Gasteiger partial charge in [-0.3, -0.25) is 0 Å². The average Bonchev–Trinajstić information content (AvgIpc) is 3.49. The molecule has 1 aliphatic carbocycles. The van der Waals surface area contributed by atoms with Gasteiger partial charge >= 0.3 is 0 Å². The van der Waals surface area contributed by atoms with Crippen LogP contribution in [-0.2, 0) is 5.41 Å². The number of rotatable bonds is 7. The molecule has 0 amide bonds. The Morgan fingerprint density at radius 2 is 1.00 bits per heavy atom. The van der Waals surface area contributed by atoms with Gasteiger partial charge in [0.15, 0.2) is 5.84 Å². The van der Waals surface area contributed by atoms with E-state index in [9.17, 15) is 0 Å². The van der Waals surface area contributed by atoms with Gasteiger partial charge in [-0.05, 0) is 103 Å². The summed E-state index contributed by atoms with van der Waals surface area (Å²) in [4.78, 5) is 10.4. The molecule has 0 aromatic heterocycles. The maximum absolute atomic E-state index is 5.24. The minimum Gasteiger partial charge on any atom is -0.233 e. The van der Waals surface area contributed by atoms with Crippen LogP contribution in [0.2, 0.25) is 0 Å². The fraction of sp³-hybridized carbons (Fsp3) is 0.0741. The molecule has 8 aromatic rings. The highest BCUT2D eigenvalue weighted by molar-refractivity contribution is 6.13. The van der Waals surface area contributed by atoms with E-state index in [1.54, 1.807) is 0 Å². The van der Waals surface area contributed by atoms with Gasteiger partial charge < -0.3 is 0 Å². The van der Waals surface area contributed by atoms with E-state index in [0.717, 1.165) is 44.5 Å². The van der Waals surface area contributed by atoms with Crippen molar-refractivity contribution in [2.24, 2.45) is 9.98 Å². The molecule has 0 saturated heterocycles. The fourth-order valence-electron chi connectivity index (χ4n) is 8.18. The first-order valence-electron chi connectivity index (χ1n) is 19.3. The molecule has 0 heterocycles. The highest BCUT2D eigenvalue weighted by Gasteiger charge is 2.36. The quantitative estimate of drug-likeness (QED) is 0.116. The first kappa shape index (κ1) is 34.8. The van der Waals surface area contributed by atoms with Crippen LogP contribution in [0.15, 0.2) is 205 Å². The minimum absolute atomic E-state index is 0.0500. The zero-order valence-corrected chi connectivity index (χ0v) is 32.0. The van der Waals surface area contributed by atoms with Crippen LogP contribution in [0.4, 0.5) is 0 Å². The van der Waals surface area contributed by atoms with E-state index in [1.165, 1.54) is 44.3 Å². The third-order valence-electron chi connectivity index (χ3n) is 11.2. The largest absolute Gasteiger partial charge is 0.233 e. The predicted octanol–water partition coefficient (Wildman–Crippen LogP) is 14.1. The number of hydrogen-bond donors (Lipinski definition) is 0. The van der Waals surface area contributed by atoms with E-state index in [4.69, 9.17) is 9.98 Å². The summed E-state index contributed by atoms with van der Waals surface area (Å²) in [7, 11) is 0. The van der Waals surface area contributed by atoms with Crippen LogP contribution >= 0.6 is 0 Å². The lowest BCUT2D eigenvalue weighted by Gasteiger charge is -2.21. The van der Waals surface area contributed by atoms with Crippen molar-refractivity contribution >= 4 is 28.0 Å². The van der Waals surface area contributed by atoms with Gasteiger partial charge in [0.05, 0.1) is 5.70 Å². The number of benzene rings is 8. The van der Waals surface area contributed by atoms with Gasteiger partial charge in [-0.1, -0.05) is 184 Å². The predicted molar refractivity (Wildman–Crippen MR) is 238 cm³/mol. The van der Waals surface area contributed by atoms with Gasteiger partial charge in [-0.25, -0.2) is 9.98 Å². The van der Waals surface area contributed by atoms with Gasteiger partial charge in [0.1, 0.15) is 0 Å². The molecule has 8 aromatic carbocycles. The molecule has 9 rings (SSSR count). The molecule has 0 spiro atoms. The van der Waals surface area contributed by atoms with Crippen LogP contribution in [0.3, 0.4) is 0 Å². The van der Waals surface area contributed by atoms with Crippen molar-refractivity contribution in [3.63, 3.8) is 0 Å². The second kappa shape index (κ2) is 14.4. The molecule has 0 fully saturated rings. The summed E-state index contributed by atoms with van der Waals surface area (Å²) in [6.07, 6.45) is 0. The Labute approximate surface area is 329 Å². The third-order valence-corrected chi connectivity index (χ3v) is 11.2. The van der Waals surface area contributed by atoms with Crippen LogP contribution < -0.4 is 0 Å². The molecule has 0 unspecified atom stereocenters. The molecule has 1 aliphatic rings. The summed E-state index contributed by atoms with van der Waals surface area (Å²) in [6.45, 7) is 11.2. The lowest BCUT2D eigenvalue weighted by atomic mass is 9.82. The van der Waals surface area contributed by atoms with Crippen molar-refractivity contribution in [3.05, 3.63) is 222 Å². The van der Waals surface area contributed by atoms with Crippen LogP contribution in [0.25, 0.3) is 61.0 Å². The van der Waals surface area contributed by atoms with Crippen molar-refractivity contribution in [2.45, 2.75) is 26.2 Å². The van der Waals surface area contributed by atoms with E-state index in [2.05, 4.69) is 203 Å². The highest BCUT2D eigenvalue weighted by atomic mass is 14.9. The lowest BCUT2D eigenvalue weighted by Crippen LogP contribution is -2.14. The molecule has 0 saturated carbocycles. The van der Waals surface area contributed by atoms with Crippen molar-refractivity contribution in [1.29, 1.82) is 0 Å². The Kier molecular flexibility index (Phi) is 8.96. The highest BCUT2D eigenvalue weighted by Crippen LogP contribution is 2.52. The summed E-state index contributed by atoms with van der Waals surface area (Å²) < 4.78 is 0. The maximum Gasteiger partial charge on any atom is 0.160 e. The van der Waals surface area contributed by atoms with Crippen LogP contribution in [0.1, 0.15) is 48.6 Å². The fourth-order valence-corrected chi connectivity index (χ4v) is 8.18. The van der Waals surface area contributed by atoms with Crippen LogP contribution in [0.5, 0.6) is 0 Å². The van der Waals surface area contributed by atoms with Crippen molar-refractivity contribution < 1.29 is 0 Å². The topological polar surface area (TPSA) is 24.7 Å². The molecule has 0 bridgehead atoms. The summed E-state index contributed by atoms with van der Waals surface area (Å²) >= 11 is 0. The first-order chi connectivity index (χ1) is 27.3. The molecular weight excluding hydrogens is 677 g/mol. The molecule has 0 N–H and O–H groups in total. The monoisotopic (exact) mass is 718 g/mol. The molecular formula is C54H42N2. The number of aliphatic imine (C=N–C) groups is 2. The Bertz CT molecular complexity index is 2840. The Hall–Kier alpha value is -6.90. The number of amidine groups is 1. The van der Waals surface area contributed by atoms with Gasteiger partial charge in [0, 0.05) is 22.3 Å². The Balaban J connectivity index is 1.12. The van der Waals surface area contributed by atoms with Gasteiger partial charge in [0.25, 0.3) is 0 Å². The molecule has 0 aliphatic heterocycles. The number of hydrogen-bond acceptors (Lipinski definition) is 1. The molecule has 56 heavy (non-hydrogen) atoms. The zero-order valence-electron chi connectivity index (χ0n) is 32.0. The summed E-state index contributed by atoms with van der Waals surface area (Å²) in [6, 6.07) is 66.8. The second-order valence-electron chi connectivity index (χ2n) is 15.1. The SMILES string of the molecule is C=C(N=C(N=C(C)c1cccc(-c2ccccc2)c1)c1cccc(-c2ccccc2)c1)c1ccc2ccc(-c3cccc4c3-c3ccccc3C4(C)C)cc2c1. The van der Waals surface area contributed by atoms with Gasteiger partial charge in [-0.15, -0.1) is 0 Å². The molecule has 0 radical (unpaired) electrons. The zero-order chi connectivity index (χ0) is 38.2. The molecule has 2 nitrogen and oxygen atoms in total. The van der Waals surface area contributed by atoms with E-state index < -0.39 is 0 Å². The normalized spacial score (nSPS) is 13.3. The molecule has 268 valence electrons. The van der Waals surface area contributed by atoms with Crippen LogP contribution in [-0.4, -0.2) is 11.5 Å². The summed E-state index contributed by atoms with van der Waals surface area (Å²) in [5.74, 6) is 0.616.